The number of aryl methyl sites for hydroxylation is 1. The van der Waals surface area contributed by atoms with E-state index in [1.165, 1.54) is 0 Å². The summed E-state index contributed by atoms with van der Waals surface area (Å²) in [6.45, 7) is 2.58. The second-order valence-electron chi connectivity index (χ2n) is 6.31. The lowest BCUT2D eigenvalue weighted by Crippen LogP contribution is -2.37. The van der Waals surface area contributed by atoms with E-state index in [0.29, 0.717) is 19.4 Å². The van der Waals surface area contributed by atoms with Gasteiger partial charge in [-0.1, -0.05) is 30.3 Å². The molecule has 0 radical (unpaired) electrons. The highest BCUT2D eigenvalue weighted by Gasteiger charge is 2.29. The van der Waals surface area contributed by atoms with E-state index in [9.17, 15) is 9.59 Å². The van der Waals surface area contributed by atoms with E-state index >= 15 is 0 Å². The number of hydrogen-bond donors (Lipinski definition) is 2. The first-order valence-corrected chi connectivity index (χ1v) is 8.38. The molecule has 2 aromatic rings. The molecule has 0 saturated heterocycles. The number of carbonyl (C=O) groups is 2. The summed E-state index contributed by atoms with van der Waals surface area (Å²) in [6, 6.07) is 14.5. The van der Waals surface area contributed by atoms with Crippen LogP contribution in [0, 0.1) is 0 Å². The molecular weight excluding hydrogens is 318 g/mol. The molecule has 1 aliphatic rings. The molecule has 2 unspecified atom stereocenters. The van der Waals surface area contributed by atoms with Gasteiger partial charge in [0.25, 0.3) is 0 Å². The lowest BCUT2D eigenvalue weighted by Gasteiger charge is -2.20. The normalized spacial score (nSPS) is 16.6. The minimum absolute atomic E-state index is 0.00876. The highest BCUT2D eigenvalue weighted by atomic mass is 16.5. The molecule has 1 amide bonds. The number of amides is 1. The van der Waals surface area contributed by atoms with Crippen molar-refractivity contribution in [3.8, 4) is 5.75 Å². The van der Waals surface area contributed by atoms with Crippen molar-refractivity contribution >= 4 is 11.9 Å². The Bertz CT molecular complexity index is 770. The van der Waals surface area contributed by atoms with E-state index in [1.54, 1.807) is 24.3 Å². The summed E-state index contributed by atoms with van der Waals surface area (Å²) < 4.78 is 5.67. The molecular formula is C20H21NO4. The van der Waals surface area contributed by atoms with Gasteiger partial charge in [-0.2, -0.15) is 0 Å². The molecule has 0 aromatic heterocycles. The van der Waals surface area contributed by atoms with Crippen molar-refractivity contribution in [2.45, 2.75) is 31.7 Å². The minimum Gasteiger partial charge on any atom is -0.493 e. The van der Waals surface area contributed by atoms with Gasteiger partial charge in [0, 0.05) is 23.9 Å². The Balaban J connectivity index is 1.52. The minimum atomic E-state index is -0.947. The van der Waals surface area contributed by atoms with Gasteiger partial charge in [-0.15, -0.1) is 0 Å². The topological polar surface area (TPSA) is 75.6 Å². The van der Waals surface area contributed by atoms with Crippen LogP contribution >= 0.6 is 0 Å². The summed E-state index contributed by atoms with van der Waals surface area (Å²) in [5.41, 5.74) is 2.34. The summed E-state index contributed by atoms with van der Waals surface area (Å²) in [6.07, 6.45) is 0.947. The number of ether oxygens (including phenoxy) is 1. The van der Waals surface area contributed by atoms with Crippen LogP contribution in [0.3, 0.4) is 0 Å². The zero-order valence-corrected chi connectivity index (χ0v) is 14.1. The average molecular weight is 339 g/mol. The maximum absolute atomic E-state index is 12.2. The number of rotatable bonds is 6. The van der Waals surface area contributed by atoms with E-state index in [4.69, 9.17) is 9.84 Å². The predicted molar refractivity (Wildman–Crippen MR) is 94.0 cm³/mol. The zero-order chi connectivity index (χ0) is 17.8. The molecule has 1 heterocycles. The van der Waals surface area contributed by atoms with E-state index in [0.717, 1.165) is 16.9 Å². The number of hydrogen-bond acceptors (Lipinski definition) is 3. The fourth-order valence-corrected chi connectivity index (χ4v) is 3.10. The Morgan fingerprint density at radius 3 is 2.64 bits per heavy atom. The van der Waals surface area contributed by atoms with Gasteiger partial charge in [0.15, 0.2) is 0 Å². The van der Waals surface area contributed by atoms with Gasteiger partial charge in [-0.25, -0.2) is 4.79 Å². The summed E-state index contributed by atoms with van der Waals surface area (Å²) >= 11 is 0. The summed E-state index contributed by atoms with van der Waals surface area (Å²) in [7, 11) is 0. The highest BCUT2D eigenvalue weighted by molar-refractivity contribution is 5.87. The SMILES string of the molecule is CC(NC(=O)CCc1ccc(C(=O)O)cc1)C1COc2ccccc21. The number of carboxylic acids is 1. The first kappa shape index (κ1) is 17.0. The second kappa shape index (κ2) is 7.38. The monoisotopic (exact) mass is 339 g/mol. The van der Waals surface area contributed by atoms with Crippen LogP contribution in [-0.4, -0.2) is 29.6 Å². The number of nitrogens with one attached hydrogen (secondary N) is 1. The smallest absolute Gasteiger partial charge is 0.335 e. The average Bonchev–Trinajstić information content (AvgIpc) is 3.04. The van der Waals surface area contributed by atoms with Gasteiger partial charge in [-0.3, -0.25) is 4.79 Å². The molecule has 0 fully saturated rings. The number of carboxylic acid groups (broad SMARTS) is 1. The molecule has 0 bridgehead atoms. The zero-order valence-electron chi connectivity index (χ0n) is 14.1. The Kier molecular flexibility index (Phi) is 5.03. The molecule has 2 N–H and O–H groups in total. The molecule has 25 heavy (non-hydrogen) atoms. The number of aromatic carboxylic acids is 1. The van der Waals surface area contributed by atoms with E-state index < -0.39 is 5.97 Å². The van der Waals surface area contributed by atoms with Gasteiger partial charge in [-0.05, 0) is 37.1 Å². The Morgan fingerprint density at radius 1 is 1.20 bits per heavy atom. The molecule has 1 aliphatic heterocycles. The van der Waals surface area contributed by atoms with Crippen LogP contribution in [0.15, 0.2) is 48.5 Å². The van der Waals surface area contributed by atoms with Crippen LogP contribution in [0.4, 0.5) is 0 Å². The molecule has 0 saturated carbocycles. The van der Waals surface area contributed by atoms with E-state index in [1.807, 2.05) is 31.2 Å². The number of fused-ring (bicyclic) bond motifs is 1. The standard InChI is InChI=1S/C20H21NO4/c1-13(17-12-25-18-5-3-2-4-16(17)18)21-19(22)11-8-14-6-9-15(10-7-14)20(23)24/h2-7,9-10,13,17H,8,11-12H2,1H3,(H,21,22)(H,23,24). The fraction of sp³-hybridized carbons (Fsp3) is 0.300. The van der Waals surface area contributed by atoms with Crippen LogP contribution < -0.4 is 10.1 Å². The maximum Gasteiger partial charge on any atom is 0.335 e. The lowest BCUT2D eigenvalue weighted by molar-refractivity contribution is -0.121. The number of benzene rings is 2. The van der Waals surface area contributed by atoms with Crippen LogP contribution in [0.1, 0.15) is 40.7 Å². The van der Waals surface area contributed by atoms with E-state index in [2.05, 4.69) is 5.32 Å². The van der Waals surface area contributed by atoms with Crippen molar-refractivity contribution in [2.24, 2.45) is 0 Å². The molecule has 3 rings (SSSR count). The number of carbonyl (C=O) groups excluding carboxylic acids is 1. The summed E-state index contributed by atoms with van der Waals surface area (Å²) in [4.78, 5) is 23.1. The Hall–Kier alpha value is -2.82. The van der Waals surface area contributed by atoms with Crippen molar-refractivity contribution in [1.82, 2.24) is 5.32 Å². The predicted octanol–water partition coefficient (Wildman–Crippen LogP) is 3.00. The van der Waals surface area contributed by atoms with Gasteiger partial charge >= 0.3 is 5.97 Å². The van der Waals surface area contributed by atoms with Crippen molar-refractivity contribution in [3.63, 3.8) is 0 Å². The maximum atomic E-state index is 12.2. The molecule has 130 valence electrons. The Labute approximate surface area is 146 Å². The van der Waals surface area contributed by atoms with Gasteiger partial charge < -0.3 is 15.2 Å². The first-order valence-electron chi connectivity index (χ1n) is 8.38. The molecule has 2 aromatic carbocycles. The third-order valence-corrected chi connectivity index (χ3v) is 4.57. The molecule has 5 nitrogen and oxygen atoms in total. The van der Waals surface area contributed by atoms with Crippen LogP contribution in [0.2, 0.25) is 0 Å². The van der Waals surface area contributed by atoms with Crippen molar-refractivity contribution in [1.29, 1.82) is 0 Å². The molecule has 5 heteroatoms. The Morgan fingerprint density at radius 2 is 1.92 bits per heavy atom. The van der Waals surface area contributed by atoms with Gasteiger partial charge in [0.2, 0.25) is 5.91 Å². The van der Waals surface area contributed by atoms with Crippen LogP contribution in [0.5, 0.6) is 5.75 Å². The molecule has 2 atom stereocenters. The largest absolute Gasteiger partial charge is 0.493 e. The van der Waals surface area contributed by atoms with Crippen molar-refractivity contribution in [3.05, 3.63) is 65.2 Å². The fourth-order valence-electron chi connectivity index (χ4n) is 3.10. The second-order valence-corrected chi connectivity index (χ2v) is 6.31. The van der Waals surface area contributed by atoms with Crippen molar-refractivity contribution < 1.29 is 19.4 Å². The van der Waals surface area contributed by atoms with Crippen molar-refractivity contribution in [2.75, 3.05) is 6.61 Å². The van der Waals surface area contributed by atoms with Crippen LogP contribution in [-0.2, 0) is 11.2 Å². The van der Waals surface area contributed by atoms with Crippen LogP contribution in [0.25, 0.3) is 0 Å². The number of para-hydroxylation sites is 1. The van der Waals surface area contributed by atoms with E-state index in [-0.39, 0.29) is 23.4 Å². The summed E-state index contributed by atoms with van der Waals surface area (Å²) in [5.74, 6) is 0.0958. The highest BCUT2D eigenvalue weighted by Crippen LogP contribution is 2.35. The third-order valence-electron chi connectivity index (χ3n) is 4.57. The first-order chi connectivity index (χ1) is 12.0. The van der Waals surface area contributed by atoms with Gasteiger partial charge in [0.1, 0.15) is 5.75 Å². The summed E-state index contributed by atoms with van der Waals surface area (Å²) in [5, 5.41) is 11.9. The third kappa shape index (κ3) is 3.99. The quantitative estimate of drug-likeness (QED) is 0.848. The van der Waals surface area contributed by atoms with Gasteiger partial charge in [0.05, 0.1) is 12.2 Å². The molecule has 0 aliphatic carbocycles. The lowest BCUT2D eigenvalue weighted by atomic mass is 9.94. The molecule has 0 spiro atoms.